The monoisotopic (exact) mass is 505 g/mol. The predicted molar refractivity (Wildman–Crippen MR) is 146 cm³/mol. The average molecular weight is 506 g/mol. The van der Waals surface area contributed by atoms with Crippen LogP contribution >= 0.6 is 11.8 Å². The Hall–Kier alpha value is -2.91. The lowest BCUT2D eigenvalue weighted by molar-refractivity contribution is -0.115. The Morgan fingerprint density at radius 1 is 1.17 bits per heavy atom. The summed E-state index contributed by atoms with van der Waals surface area (Å²) in [5.41, 5.74) is 2.90. The van der Waals surface area contributed by atoms with E-state index < -0.39 is 0 Å². The van der Waals surface area contributed by atoms with E-state index in [2.05, 4.69) is 40.4 Å². The minimum atomic E-state index is 0.00720. The van der Waals surface area contributed by atoms with Gasteiger partial charge in [-0.1, -0.05) is 6.92 Å². The molecule has 4 heterocycles. The molecule has 36 heavy (non-hydrogen) atoms. The molecule has 2 N–H and O–H groups in total. The standard InChI is InChI=1S/C27H35N7OS/c1-5-26(35)30-21-6-8-23(9-7-21)36-27-31-24(29-22-10-18(4)28-12-22)11-25(32-27)34-15-19-13-33(17(2)3)14-20(19)16-34/h6-11,17,19-20,28H,5,12-16H2,1-4H3,(H,30,35). The Bertz CT molecular complexity index is 1160. The molecule has 1 amide bonds. The zero-order valence-electron chi connectivity index (χ0n) is 21.5. The summed E-state index contributed by atoms with van der Waals surface area (Å²) in [5.74, 6) is 3.02. The maximum atomic E-state index is 11.7. The van der Waals surface area contributed by atoms with Crippen LogP contribution in [0.15, 0.2) is 57.1 Å². The first-order valence-electron chi connectivity index (χ1n) is 12.8. The number of aliphatic imine (C=N–C) groups is 1. The number of hydrogen-bond acceptors (Lipinski definition) is 8. The third-order valence-electron chi connectivity index (χ3n) is 7.11. The van der Waals surface area contributed by atoms with Crippen molar-refractivity contribution in [3.8, 4) is 0 Å². The number of aromatic nitrogens is 2. The van der Waals surface area contributed by atoms with E-state index in [4.69, 9.17) is 15.0 Å². The van der Waals surface area contributed by atoms with E-state index in [1.165, 1.54) is 11.8 Å². The lowest BCUT2D eigenvalue weighted by atomic mass is 10.0. The van der Waals surface area contributed by atoms with Gasteiger partial charge in [0.05, 0.1) is 12.3 Å². The number of carbonyl (C=O) groups excluding carboxylic acids is 1. The second kappa shape index (κ2) is 10.6. The minimum Gasteiger partial charge on any atom is -0.383 e. The molecule has 2 atom stereocenters. The normalized spacial score (nSPS) is 22.8. The summed E-state index contributed by atoms with van der Waals surface area (Å²) < 4.78 is 0. The van der Waals surface area contributed by atoms with E-state index in [9.17, 15) is 4.79 Å². The van der Waals surface area contributed by atoms with Gasteiger partial charge in [-0.15, -0.1) is 0 Å². The van der Waals surface area contributed by atoms with E-state index in [-0.39, 0.29) is 5.91 Å². The van der Waals surface area contributed by atoms with Crippen LogP contribution in [0.25, 0.3) is 0 Å². The summed E-state index contributed by atoms with van der Waals surface area (Å²) in [6.45, 7) is 13.6. The van der Waals surface area contributed by atoms with Crippen molar-refractivity contribution in [3.05, 3.63) is 42.1 Å². The Labute approximate surface area is 217 Å². The second-order valence-corrected chi connectivity index (χ2v) is 11.2. The number of fused-ring (bicyclic) bond motifs is 1. The largest absolute Gasteiger partial charge is 0.383 e. The van der Waals surface area contributed by atoms with Gasteiger partial charge in [0, 0.05) is 61.0 Å². The average Bonchev–Trinajstić information content (AvgIpc) is 3.55. The fourth-order valence-corrected chi connectivity index (χ4v) is 5.83. The van der Waals surface area contributed by atoms with Crippen molar-refractivity contribution in [1.29, 1.82) is 0 Å². The van der Waals surface area contributed by atoms with E-state index in [1.807, 2.05) is 44.2 Å². The van der Waals surface area contributed by atoms with Gasteiger partial charge in [-0.3, -0.25) is 4.79 Å². The van der Waals surface area contributed by atoms with Gasteiger partial charge in [-0.25, -0.2) is 15.0 Å². The molecule has 3 aliphatic heterocycles. The highest BCUT2D eigenvalue weighted by Crippen LogP contribution is 2.36. The van der Waals surface area contributed by atoms with Crippen LogP contribution in [-0.4, -0.2) is 65.3 Å². The number of nitrogens with one attached hydrogen (secondary N) is 2. The van der Waals surface area contributed by atoms with E-state index >= 15 is 0 Å². The highest BCUT2D eigenvalue weighted by atomic mass is 32.2. The molecular weight excluding hydrogens is 470 g/mol. The molecular formula is C27H35N7OS. The third kappa shape index (κ3) is 5.73. The summed E-state index contributed by atoms with van der Waals surface area (Å²) in [7, 11) is 0. The molecule has 0 aliphatic carbocycles. The van der Waals surface area contributed by atoms with Gasteiger partial charge in [0.2, 0.25) is 5.91 Å². The maximum absolute atomic E-state index is 11.7. The number of nitrogens with zero attached hydrogens (tertiary/aromatic N) is 5. The third-order valence-corrected chi connectivity index (χ3v) is 7.98. The zero-order chi connectivity index (χ0) is 25.2. The Kier molecular flexibility index (Phi) is 7.29. The molecule has 2 fully saturated rings. The summed E-state index contributed by atoms with van der Waals surface area (Å²) in [5, 5.41) is 6.89. The molecule has 2 aromatic rings. The van der Waals surface area contributed by atoms with Crippen LogP contribution in [0.4, 0.5) is 17.3 Å². The molecule has 9 heteroatoms. The van der Waals surface area contributed by atoms with Gasteiger partial charge in [-0.2, -0.15) is 0 Å². The molecule has 0 radical (unpaired) electrons. The molecule has 2 unspecified atom stereocenters. The smallest absolute Gasteiger partial charge is 0.224 e. The van der Waals surface area contributed by atoms with Gasteiger partial charge in [-0.05, 0) is 74.7 Å². The predicted octanol–water partition coefficient (Wildman–Crippen LogP) is 4.33. The maximum Gasteiger partial charge on any atom is 0.224 e. The number of likely N-dealkylation sites (tertiary alicyclic amines) is 1. The van der Waals surface area contributed by atoms with Crippen molar-refractivity contribution in [2.24, 2.45) is 16.8 Å². The summed E-state index contributed by atoms with van der Waals surface area (Å²) in [4.78, 5) is 32.3. The van der Waals surface area contributed by atoms with Crippen LogP contribution < -0.4 is 15.5 Å². The molecule has 3 aliphatic rings. The molecule has 1 aromatic heterocycles. The number of carbonyl (C=O) groups is 1. The fourth-order valence-electron chi connectivity index (χ4n) is 5.07. The van der Waals surface area contributed by atoms with Crippen LogP contribution in [0, 0.1) is 11.8 Å². The van der Waals surface area contributed by atoms with Crippen LogP contribution in [0.5, 0.6) is 0 Å². The number of allylic oxidation sites excluding steroid dienone is 1. The van der Waals surface area contributed by atoms with E-state index in [0.29, 0.717) is 35.3 Å². The quantitative estimate of drug-likeness (QED) is 0.542. The number of rotatable bonds is 7. The van der Waals surface area contributed by atoms with Crippen LogP contribution in [-0.2, 0) is 4.79 Å². The number of amides is 1. The van der Waals surface area contributed by atoms with Gasteiger partial charge in [0.15, 0.2) is 11.0 Å². The summed E-state index contributed by atoms with van der Waals surface area (Å²) in [6.07, 6.45) is 2.53. The zero-order valence-corrected chi connectivity index (χ0v) is 22.3. The molecule has 5 rings (SSSR count). The van der Waals surface area contributed by atoms with Crippen molar-refractivity contribution in [2.45, 2.75) is 50.2 Å². The number of hydrogen-bond donors (Lipinski definition) is 2. The second-order valence-electron chi connectivity index (χ2n) is 10.2. The van der Waals surface area contributed by atoms with Crippen molar-refractivity contribution in [2.75, 3.05) is 42.9 Å². The Morgan fingerprint density at radius 3 is 2.50 bits per heavy atom. The first-order valence-corrected chi connectivity index (χ1v) is 13.6. The first kappa shape index (κ1) is 24.8. The first-order chi connectivity index (χ1) is 17.4. The molecule has 0 spiro atoms. The molecule has 0 bridgehead atoms. The molecule has 1 aromatic carbocycles. The van der Waals surface area contributed by atoms with Crippen molar-refractivity contribution in [3.63, 3.8) is 0 Å². The fraction of sp³-hybridized carbons (Fsp3) is 0.481. The SMILES string of the molecule is CCC(=O)Nc1ccc(Sc2nc(N=C3C=C(C)NC3)cc(N3CC4CN(C(C)C)CC4C3)n2)cc1. The lowest BCUT2D eigenvalue weighted by Crippen LogP contribution is -2.33. The molecule has 0 saturated carbocycles. The van der Waals surface area contributed by atoms with E-state index in [1.54, 1.807) is 0 Å². The summed E-state index contributed by atoms with van der Waals surface area (Å²) >= 11 is 1.52. The van der Waals surface area contributed by atoms with E-state index in [0.717, 1.165) is 60.5 Å². The number of anilines is 2. The molecule has 2 saturated heterocycles. The highest BCUT2D eigenvalue weighted by Gasteiger charge is 2.41. The van der Waals surface area contributed by atoms with Crippen molar-refractivity contribution >= 4 is 40.7 Å². The Morgan fingerprint density at radius 2 is 1.89 bits per heavy atom. The van der Waals surface area contributed by atoms with Gasteiger partial charge >= 0.3 is 0 Å². The minimum absolute atomic E-state index is 0.00720. The van der Waals surface area contributed by atoms with Gasteiger partial charge in [0.1, 0.15) is 5.82 Å². The molecule has 190 valence electrons. The number of benzene rings is 1. The van der Waals surface area contributed by atoms with Crippen LogP contribution in [0.2, 0.25) is 0 Å². The summed E-state index contributed by atoms with van der Waals surface area (Å²) in [6, 6.07) is 10.5. The highest BCUT2D eigenvalue weighted by molar-refractivity contribution is 7.99. The molecule has 8 nitrogen and oxygen atoms in total. The lowest BCUT2D eigenvalue weighted by Gasteiger charge is -2.25. The Balaban J connectivity index is 1.37. The topological polar surface area (TPSA) is 85.7 Å². The van der Waals surface area contributed by atoms with Gasteiger partial charge < -0.3 is 20.4 Å². The van der Waals surface area contributed by atoms with Crippen molar-refractivity contribution in [1.82, 2.24) is 20.2 Å². The van der Waals surface area contributed by atoms with Crippen molar-refractivity contribution < 1.29 is 4.79 Å². The van der Waals surface area contributed by atoms with Crippen LogP contribution in [0.1, 0.15) is 34.1 Å². The van der Waals surface area contributed by atoms with Gasteiger partial charge in [0.25, 0.3) is 0 Å². The van der Waals surface area contributed by atoms with Crippen LogP contribution in [0.3, 0.4) is 0 Å².